The van der Waals surface area contributed by atoms with E-state index in [1.165, 1.54) is 11.8 Å². The van der Waals surface area contributed by atoms with Gasteiger partial charge in [-0.3, -0.25) is 9.59 Å². The van der Waals surface area contributed by atoms with Gasteiger partial charge in [0, 0.05) is 28.7 Å². The van der Waals surface area contributed by atoms with E-state index in [1.54, 1.807) is 6.92 Å². The lowest BCUT2D eigenvalue weighted by molar-refractivity contribution is -0.136. The van der Waals surface area contributed by atoms with Gasteiger partial charge in [-0.05, 0) is 44.0 Å². The molecule has 0 saturated heterocycles. The third-order valence-electron chi connectivity index (χ3n) is 4.42. The molecule has 0 unspecified atom stereocenters. The summed E-state index contributed by atoms with van der Waals surface area (Å²) in [6.07, 6.45) is 1.09. The molecule has 6 nitrogen and oxygen atoms in total. The van der Waals surface area contributed by atoms with Gasteiger partial charge in [0.1, 0.15) is 12.2 Å². The van der Waals surface area contributed by atoms with Gasteiger partial charge in [-0.15, -0.1) is 0 Å². The van der Waals surface area contributed by atoms with Gasteiger partial charge in [0.2, 0.25) is 0 Å². The van der Waals surface area contributed by atoms with Crippen molar-refractivity contribution in [1.29, 1.82) is 0 Å². The number of amides is 1. The minimum Gasteiger partial charge on any atom is -0.481 e. The van der Waals surface area contributed by atoms with Crippen LogP contribution in [0, 0.1) is 20.8 Å². The smallest absolute Gasteiger partial charge is 0.311 e. The van der Waals surface area contributed by atoms with E-state index >= 15 is 0 Å². The molecule has 0 radical (unpaired) electrons. The molecule has 0 saturated carbocycles. The molecule has 0 aliphatic heterocycles. The van der Waals surface area contributed by atoms with Crippen LogP contribution in [0.4, 0.5) is 0 Å². The number of aryl methyl sites for hydroxylation is 3. The van der Waals surface area contributed by atoms with Gasteiger partial charge < -0.3 is 19.8 Å². The number of benzene rings is 1. The summed E-state index contributed by atoms with van der Waals surface area (Å²) in [5.74, 6) is -1.19. The maximum Gasteiger partial charge on any atom is 0.311 e. The first-order valence-corrected chi connectivity index (χ1v) is 8.01. The molecule has 1 amide bonds. The average Bonchev–Trinajstić information content (AvgIpc) is 3.05. The van der Waals surface area contributed by atoms with Gasteiger partial charge >= 0.3 is 5.97 Å². The van der Waals surface area contributed by atoms with Crippen molar-refractivity contribution in [2.24, 2.45) is 0 Å². The van der Waals surface area contributed by atoms with Crippen molar-refractivity contribution in [2.75, 3.05) is 0 Å². The number of aromatic amines is 1. The Hall–Kier alpha value is -3.02. The number of hydrogen-bond donors (Lipinski definition) is 3. The first kappa shape index (κ1) is 16.8. The minimum atomic E-state index is -1.04. The van der Waals surface area contributed by atoms with Crippen LogP contribution in [0.3, 0.4) is 0 Å². The van der Waals surface area contributed by atoms with E-state index < -0.39 is 5.97 Å². The molecular weight excluding hydrogens is 320 g/mol. The zero-order valence-electron chi connectivity index (χ0n) is 14.4. The Kier molecular flexibility index (Phi) is 4.35. The van der Waals surface area contributed by atoms with E-state index in [1.807, 2.05) is 19.1 Å². The van der Waals surface area contributed by atoms with Crippen LogP contribution in [0.1, 0.15) is 38.5 Å². The van der Waals surface area contributed by atoms with E-state index in [2.05, 4.69) is 23.3 Å². The Morgan fingerprint density at radius 1 is 1.24 bits per heavy atom. The second-order valence-corrected chi connectivity index (χ2v) is 6.23. The Morgan fingerprint density at radius 2 is 2.00 bits per heavy atom. The highest BCUT2D eigenvalue weighted by molar-refractivity contribution is 5.97. The molecule has 0 atom stereocenters. The molecule has 130 valence electrons. The number of H-pyrrole nitrogens is 1. The summed E-state index contributed by atoms with van der Waals surface area (Å²) in [6, 6.07) is 6.00. The third kappa shape index (κ3) is 3.28. The predicted octanol–water partition coefficient (Wildman–Crippen LogP) is 3.24. The molecule has 0 aliphatic rings. The van der Waals surface area contributed by atoms with Crippen molar-refractivity contribution < 1.29 is 19.1 Å². The number of fused-ring (bicyclic) bond motifs is 1. The molecule has 3 N–H and O–H groups in total. The highest BCUT2D eigenvalue weighted by Gasteiger charge is 2.20. The van der Waals surface area contributed by atoms with Crippen LogP contribution in [-0.2, 0) is 17.8 Å². The second-order valence-electron chi connectivity index (χ2n) is 6.23. The third-order valence-corrected chi connectivity index (χ3v) is 4.42. The summed E-state index contributed by atoms with van der Waals surface area (Å²) in [6.45, 7) is 6.17. The first-order valence-electron chi connectivity index (χ1n) is 8.01. The maximum absolute atomic E-state index is 12.5. The number of hydrogen-bond acceptors (Lipinski definition) is 3. The fourth-order valence-electron chi connectivity index (χ4n) is 2.96. The van der Waals surface area contributed by atoms with Crippen LogP contribution < -0.4 is 5.32 Å². The highest BCUT2D eigenvalue weighted by atomic mass is 16.4. The van der Waals surface area contributed by atoms with Crippen molar-refractivity contribution >= 4 is 22.8 Å². The number of rotatable bonds is 5. The monoisotopic (exact) mass is 340 g/mol. The van der Waals surface area contributed by atoms with Gasteiger partial charge in [0.15, 0.2) is 0 Å². The normalized spacial score (nSPS) is 11.0. The molecule has 0 aliphatic carbocycles. The average molecular weight is 340 g/mol. The maximum atomic E-state index is 12.5. The largest absolute Gasteiger partial charge is 0.481 e. The number of carboxylic acid groups (broad SMARTS) is 1. The Labute approximate surface area is 144 Å². The number of carbonyl (C=O) groups excluding carboxylic acids is 1. The SMILES string of the molecule is Cc1coc(CC(=O)O)c1C(=O)NCc1ccc2[nH]c(C)c(C)c2c1. The second kappa shape index (κ2) is 6.47. The summed E-state index contributed by atoms with van der Waals surface area (Å²) in [7, 11) is 0. The topological polar surface area (TPSA) is 95.3 Å². The fraction of sp³-hybridized carbons (Fsp3) is 0.263. The van der Waals surface area contributed by atoms with Gasteiger partial charge in [-0.1, -0.05) is 6.07 Å². The van der Waals surface area contributed by atoms with Crippen molar-refractivity contribution in [3.05, 3.63) is 58.2 Å². The number of aliphatic carboxylic acids is 1. The fourth-order valence-corrected chi connectivity index (χ4v) is 2.96. The number of carboxylic acids is 1. The van der Waals surface area contributed by atoms with Crippen LogP contribution >= 0.6 is 0 Å². The summed E-state index contributed by atoms with van der Waals surface area (Å²) >= 11 is 0. The van der Waals surface area contributed by atoms with Crippen LogP contribution in [0.15, 0.2) is 28.9 Å². The van der Waals surface area contributed by atoms with Crippen molar-refractivity contribution in [3.63, 3.8) is 0 Å². The lowest BCUT2D eigenvalue weighted by Crippen LogP contribution is -2.24. The first-order chi connectivity index (χ1) is 11.9. The van der Waals surface area contributed by atoms with E-state index in [4.69, 9.17) is 9.52 Å². The molecule has 2 heterocycles. The molecule has 0 bridgehead atoms. The number of furan rings is 1. The standard InChI is InChI=1S/C19H20N2O4/c1-10-9-25-16(7-17(22)23)18(10)19(24)20-8-13-4-5-15-14(6-13)11(2)12(3)21-15/h4-6,9,21H,7-8H2,1-3H3,(H,20,24)(H,22,23). The van der Waals surface area contributed by atoms with E-state index in [0.29, 0.717) is 17.7 Å². The van der Waals surface area contributed by atoms with Crippen molar-refractivity contribution in [3.8, 4) is 0 Å². The molecule has 0 spiro atoms. The molecule has 6 heteroatoms. The van der Waals surface area contributed by atoms with Crippen LogP contribution in [0.2, 0.25) is 0 Å². The van der Waals surface area contributed by atoms with Crippen LogP contribution in [0.25, 0.3) is 10.9 Å². The molecule has 3 aromatic rings. The molecular formula is C19H20N2O4. The summed E-state index contributed by atoms with van der Waals surface area (Å²) in [5.41, 5.74) is 5.29. The number of nitrogens with one attached hydrogen (secondary N) is 2. The lowest BCUT2D eigenvalue weighted by atomic mass is 10.1. The molecule has 2 aromatic heterocycles. The molecule has 3 rings (SSSR count). The van der Waals surface area contributed by atoms with Crippen LogP contribution in [-0.4, -0.2) is 22.0 Å². The Morgan fingerprint density at radius 3 is 2.72 bits per heavy atom. The Balaban J connectivity index is 1.78. The zero-order valence-corrected chi connectivity index (χ0v) is 14.4. The lowest BCUT2D eigenvalue weighted by Gasteiger charge is -2.07. The quantitative estimate of drug-likeness (QED) is 0.664. The van der Waals surface area contributed by atoms with Gasteiger partial charge in [0.05, 0.1) is 11.8 Å². The van der Waals surface area contributed by atoms with E-state index in [0.717, 1.165) is 22.2 Å². The molecule has 25 heavy (non-hydrogen) atoms. The summed E-state index contributed by atoms with van der Waals surface area (Å²) < 4.78 is 5.21. The van der Waals surface area contributed by atoms with Crippen molar-refractivity contribution in [1.82, 2.24) is 10.3 Å². The Bertz CT molecular complexity index is 965. The number of aromatic nitrogens is 1. The zero-order chi connectivity index (χ0) is 18.1. The van der Waals surface area contributed by atoms with Gasteiger partial charge in [-0.25, -0.2) is 0 Å². The number of carbonyl (C=O) groups is 2. The summed E-state index contributed by atoms with van der Waals surface area (Å²) in [4.78, 5) is 26.7. The van der Waals surface area contributed by atoms with Gasteiger partial charge in [0.25, 0.3) is 5.91 Å². The van der Waals surface area contributed by atoms with E-state index in [9.17, 15) is 9.59 Å². The van der Waals surface area contributed by atoms with E-state index in [-0.39, 0.29) is 18.1 Å². The van der Waals surface area contributed by atoms with Gasteiger partial charge in [-0.2, -0.15) is 0 Å². The highest BCUT2D eigenvalue weighted by Crippen LogP contribution is 2.22. The van der Waals surface area contributed by atoms with Crippen molar-refractivity contribution in [2.45, 2.75) is 33.7 Å². The minimum absolute atomic E-state index is 0.176. The predicted molar refractivity (Wildman–Crippen MR) is 93.7 cm³/mol. The molecule has 1 aromatic carbocycles. The molecule has 0 fully saturated rings. The summed E-state index contributed by atoms with van der Waals surface area (Å²) in [5, 5.41) is 12.9. The van der Waals surface area contributed by atoms with Crippen LogP contribution in [0.5, 0.6) is 0 Å².